The first kappa shape index (κ1) is 16.1. The molecule has 0 aromatic carbocycles. The van der Waals surface area contributed by atoms with Gasteiger partial charge in [0.05, 0.1) is 17.8 Å². The quantitative estimate of drug-likeness (QED) is 0.788. The maximum absolute atomic E-state index is 12.3. The van der Waals surface area contributed by atoms with Gasteiger partial charge in [0.15, 0.2) is 17.8 Å². The maximum atomic E-state index is 12.3. The third-order valence-electron chi connectivity index (χ3n) is 3.52. The Morgan fingerprint density at radius 2 is 2.09 bits per heavy atom. The Kier molecular flexibility index (Phi) is 4.89. The van der Waals surface area contributed by atoms with E-state index >= 15 is 0 Å². The predicted molar refractivity (Wildman–Crippen MR) is 76.8 cm³/mol. The molecule has 1 aliphatic rings. The smallest absolute Gasteiger partial charge is 0.290 e. The van der Waals surface area contributed by atoms with Gasteiger partial charge in [0.1, 0.15) is 6.04 Å². The van der Waals surface area contributed by atoms with Crippen molar-refractivity contribution in [2.75, 3.05) is 20.8 Å². The van der Waals surface area contributed by atoms with E-state index in [2.05, 4.69) is 4.98 Å². The topological polar surface area (TPSA) is 89.0 Å². The molecule has 0 bridgehead atoms. The second-order valence-corrected chi connectivity index (χ2v) is 4.83. The molecule has 22 heavy (non-hydrogen) atoms. The number of pyridine rings is 1. The van der Waals surface area contributed by atoms with E-state index in [1.54, 1.807) is 24.4 Å². The molecule has 0 unspecified atom stereocenters. The van der Waals surface area contributed by atoms with Gasteiger partial charge < -0.3 is 19.5 Å². The lowest BCUT2D eigenvalue weighted by molar-refractivity contribution is -0.144. The standard InChI is InChI=1S/C15H18N2O5/c1-9(18)12-13(10-6-4-5-7-16-10)17(15(20)14(12)19)8-11(21-2)22-3/h4-7,11,13,19H,8H2,1-3H3/t13-/m0/s1. The normalized spacial score (nSPS) is 18.5. The van der Waals surface area contributed by atoms with Gasteiger partial charge in [-0.3, -0.25) is 14.6 Å². The van der Waals surface area contributed by atoms with Crippen LogP contribution in [0.2, 0.25) is 0 Å². The van der Waals surface area contributed by atoms with Gasteiger partial charge >= 0.3 is 0 Å². The third kappa shape index (κ3) is 2.86. The molecule has 7 nitrogen and oxygen atoms in total. The van der Waals surface area contributed by atoms with E-state index in [0.717, 1.165) is 0 Å². The number of carbonyl (C=O) groups is 2. The number of methoxy groups -OCH3 is 2. The van der Waals surface area contributed by atoms with Crippen molar-refractivity contribution in [3.8, 4) is 0 Å². The van der Waals surface area contributed by atoms with E-state index in [9.17, 15) is 14.7 Å². The number of amides is 1. The Morgan fingerprint density at radius 1 is 1.41 bits per heavy atom. The predicted octanol–water partition coefficient (Wildman–Crippen LogP) is 0.985. The number of ketones is 1. The monoisotopic (exact) mass is 306 g/mol. The second-order valence-electron chi connectivity index (χ2n) is 4.83. The fourth-order valence-corrected chi connectivity index (χ4v) is 2.45. The molecule has 0 spiro atoms. The van der Waals surface area contributed by atoms with Gasteiger partial charge in [-0.15, -0.1) is 0 Å². The molecule has 7 heteroatoms. The highest BCUT2D eigenvalue weighted by molar-refractivity contribution is 6.08. The van der Waals surface area contributed by atoms with E-state index in [-0.39, 0.29) is 17.9 Å². The van der Waals surface area contributed by atoms with Gasteiger partial charge in [-0.1, -0.05) is 6.07 Å². The number of nitrogens with zero attached hydrogens (tertiary/aromatic N) is 2. The van der Waals surface area contributed by atoms with Crippen molar-refractivity contribution < 1.29 is 24.2 Å². The molecule has 0 fully saturated rings. The first-order valence-corrected chi connectivity index (χ1v) is 6.72. The Hall–Kier alpha value is -2.25. The maximum Gasteiger partial charge on any atom is 0.290 e. The molecular formula is C15H18N2O5. The number of aromatic nitrogens is 1. The largest absolute Gasteiger partial charge is 0.503 e. The van der Waals surface area contributed by atoms with Crippen LogP contribution in [0.4, 0.5) is 0 Å². The SMILES string of the molecule is COC(CN1C(=O)C(O)=C(C(C)=O)[C@@H]1c1ccccn1)OC. The van der Waals surface area contributed by atoms with Crippen LogP contribution in [-0.4, -0.2) is 53.7 Å². The third-order valence-corrected chi connectivity index (χ3v) is 3.52. The van der Waals surface area contributed by atoms with Gasteiger partial charge in [0.25, 0.3) is 5.91 Å². The summed E-state index contributed by atoms with van der Waals surface area (Å²) in [4.78, 5) is 29.7. The molecule has 1 aliphatic heterocycles. The zero-order chi connectivity index (χ0) is 16.3. The number of Topliss-reactive ketones (excluding diaryl/α,β-unsaturated/α-hetero) is 1. The number of aliphatic hydroxyl groups excluding tert-OH is 1. The summed E-state index contributed by atoms with van der Waals surface area (Å²) < 4.78 is 10.2. The number of carbonyl (C=O) groups excluding carboxylic acids is 2. The fraction of sp³-hybridized carbons (Fsp3) is 0.400. The Bertz CT molecular complexity index is 595. The lowest BCUT2D eigenvalue weighted by Crippen LogP contribution is -2.39. The summed E-state index contributed by atoms with van der Waals surface area (Å²) in [7, 11) is 2.90. The van der Waals surface area contributed by atoms with E-state index in [4.69, 9.17) is 9.47 Å². The van der Waals surface area contributed by atoms with Crippen LogP contribution in [-0.2, 0) is 19.1 Å². The van der Waals surface area contributed by atoms with Gasteiger partial charge in [0, 0.05) is 20.4 Å². The summed E-state index contributed by atoms with van der Waals surface area (Å²) in [5, 5.41) is 10.0. The van der Waals surface area contributed by atoms with Crippen molar-refractivity contribution in [3.05, 3.63) is 41.4 Å². The number of hydrogen-bond acceptors (Lipinski definition) is 6. The molecule has 0 radical (unpaired) electrons. The highest BCUT2D eigenvalue weighted by Gasteiger charge is 2.43. The van der Waals surface area contributed by atoms with Gasteiger partial charge in [-0.25, -0.2) is 0 Å². The average Bonchev–Trinajstić information content (AvgIpc) is 2.77. The van der Waals surface area contributed by atoms with Crippen LogP contribution >= 0.6 is 0 Å². The zero-order valence-corrected chi connectivity index (χ0v) is 12.6. The summed E-state index contributed by atoms with van der Waals surface area (Å²) in [6.45, 7) is 1.37. The zero-order valence-electron chi connectivity index (χ0n) is 12.6. The molecule has 1 N–H and O–H groups in total. The number of ether oxygens (including phenoxy) is 2. The second kappa shape index (κ2) is 6.67. The number of aliphatic hydroxyl groups is 1. The van der Waals surface area contributed by atoms with Crippen molar-refractivity contribution in [2.24, 2.45) is 0 Å². The van der Waals surface area contributed by atoms with Crippen LogP contribution in [0, 0.1) is 0 Å². The number of rotatable bonds is 6. The van der Waals surface area contributed by atoms with E-state index in [1.807, 2.05) is 0 Å². The van der Waals surface area contributed by atoms with Gasteiger partial charge in [-0.05, 0) is 19.1 Å². The van der Waals surface area contributed by atoms with Crippen LogP contribution in [0.25, 0.3) is 0 Å². The Labute approximate surface area is 128 Å². The molecule has 1 aromatic rings. The molecule has 1 aromatic heterocycles. The van der Waals surface area contributed by atoms with E-state index in [1.165, 1.54) is 26.0 Å². The molecule has 118 valence electrons. The summed E-state index contributed by atoms with van der Waals surface area (Å²) in [5.74, 6) is -1.57. The molecule has 1 atom stereocenters. The van der Waals surface area contributed by atoms with Crippen molar-refractivity contribution in [3.63, 3.8) is 0 Å². The lowest BCUT2D eigenvalue weighted by Gasteiger charge is -2.28. The lowest BCUT2D eigenvalue weighted by atomic mass is 10.0. The molecule has 1 amide bonds. The van der Waals surface area contributed by atoms with Gasteiger partial charge in [-0.2, -0.15) is 0 Å². The van der Waals surface area contributed by atoms with Crippen LogP contribution in [0.1, 0.15) is 18.7 Å². The van der Waals surface area contributed by atoms with Crippen molar-refractivity contribution in [2.45, 2.75) is 19.3 Å². The highest BCUT2D eigenvalue weighted by atomic mass is 16.7. The van der Waals surface area contributed by atoms with Crippen molar-refractivity contribution >= 4 is 11.7 Å². The minimum Gasteiger partial charge on any atom is -0.503 e. The van der Waals surface area contributed by atoms with E-state index in [0.29, 0.717) is 5.69 Å². The summed E-state index contributed by atoms with van der Waals surface area (Å²) in [6, 6.07) is 4.43. The molecule has 0 saturated carbocycles. The van der Waals surface area contributed by atoms with Crippen LogP contribution in [0.15, 0.2) is 35.7 Å². The summed E-state index contributed by atoms with van der Waals surface area (Å²) >= 11 is 0. The molecule has 2 heterocycles. The van der Waals surface area contributed by atoms with Gasteiger partial charge in [0.2, 0.25) is 0 Å². The number of hydrogen-bond donors (Lipinski definition) is 1. The minimum atomic E-state index is -0.751. The Balaban J connectivity index is 2.44. The average molecular weight is 306 g/mol. The van der Waals surface area contributed by atoms with E-state index < -0.39 is 24.0 Å². The molecule has 2 rings (SSSR count). The van der Waals surface area contributed by atoms with Crippen LogP contribution in [0.5, 0.6) is 0 Å². The molecular weight excluding hydrogens is 288 g/mol. The van der Waals surface area contributed by atoms with Crippen molar-refractivity contribution in [1.82, 2.24) is 9.88 Å². The first-order valence-electron chi connectivity index (χ1n) is 6.72. The van der Waals surface area contributed by atoms with Crippen LogP contribution < -0.4 is 0 Å². The highest BCUT2D eigenvalue weighted by Crippen LogP contribution is 2.36. The van der Waals surface area contributed by atoms with Crippen LogP contribution in [0.3, 0.4) is 0 Å². The minimum absolute atomic E-state index is 0.0367. The molecule has 0 saturated heterocycles. The van der Waals surface area contributed by atoms with Crippen molar-refractivity contribution in [1.29, 1.82) is 0 Å². The Morgan fingerprint density at radius 3 is 2.59 bits per heavy atom. The first-order chi connectivity index (χ1) is 10.5. The fourth-order valence-electron chi connectivity index (χ4n) is 2.45. The summed E-state index contributed by atoms with van der Waals surface area (Å²) in [6.07, 6.45) is 0.893. The summed E-state index contributed by atoms with van der Waals surface area (Å²) in [5.41, 5.74) is 0.533. The molecule has 0 aliphatic carbocycles.